The highest BCUT2D eigenvalue weighted by Crippen LogP contribution is 2.23. The molecule has 3 rings (SSSR count). The molecule has 6 heteroatoms. The number of likely N-dealkylation sites (N-methyl/N-ethyl adjacent to an activating group) is 1. The van der Waals surface area contributed by atoms with Gasteiger partial charge in [0.1, 0.15) is 11.9 Å². The van der Waals surface area contributed by atoms with E-state index < -0.39 is 11.7 Å². The van der Waals surface area contributed by atoms with E-state index in [0.717, 1.165) is 42.9 Å². The Labute approximate surface area is 136 Å². The molecule has 1 aromatic carbocycles. The van der Waals surface area contributed by atoms with Gasteiger partial charge in [-0.3, -0.25) is 0 Å². The molecule has 1 aromatic heterocycles. The fraction of sp³-hybridized carbons (Fsp3) is 0.529. The maximum absolute atomic E-state index is 12.2. The van der Waals surface area contributed by atoms with Gasteiger partial charge in [-0.05, 0) is 46.0 Å². The average molecular weight is 316 g/mol. The fourth-order valence-corrected chi connectivity index (χ4v) is 2.72. The largest absolute Gasteiger partial charge is 0.443 e. The van der Waals surface area contributed by atoms with E-state index in [0.29, 0.717) is 0 Å². The first-order chi connectivity index (χ1) is 10.8. The van der Waals surface area contributed by atoms with Crippen molar-refractivity contribution in [1.82, 2.24) is 14.5 Å². The topological polar surface area (TPSA) is 50.6 Å². The number of benzene rings is 1. The van der Waals surface area contributed by atoms with Gasteiger partial charge in [0.15, 0.2) is 0 Å². The Morgan fingerprint density at radius 1 is 1.17 bits per heavy atom. The third-order valence-electron chi connectivity index (χ3n) is 3.99. The first kappa shape index (κ1) is 15.8. The summed E-state index contributed by atoms with van der Waals surface area (Å²) in [5, 5.41) is 0. The van der Waals surface area contributed by atoms with Crippen LogP contribution in [0.5, 0.6) is 0 Å². The summed E-state index contributed by atoms with van der Waals surface area (Å²) in [5.74, 6) is 0. The number of aromatic nitrogens is 2. The summed E-state index contributed by atoms with van der Waals surface area (Å²) >= 11 is 0. The molecule has 1 fully saturated rings. The van der Waals surface area contributed by atoms with Gasteiger partial charge in [-0.2, -0.15) is 0 Å². The highest BCUT2D eigenvalue weighted by Gasteiger charge is 2.20. The maximum atomic E-state index is 12.2. The maximum Gasteiger partial charge on any atom is 0.420 e. The molecular formula is C17H24N4O2. The summed E-state index contributed by atoms with van der Waals surface area (Å²) in [6.07, 6.45) is 1.14. The highest BCUT2D eigenvalue weighted by atomic mass is 16.6. The summed E-state index contributed by atoms with van der Waals surface area (Å²) in [7, 11) is 2.14. The van der Waals surface area contributed by atoms with Crippen LogP contribution in [0.2, 0.25) is 0 Å². The van der Waals surface area contributed by atoms with E-state index >= 15 is 0 Å². The van der Waals surface area contributed by atoms with E-state index in [9.17, 15) is 4.79 Å². The Morgan fingerprint density at radius 2 is 1.87 bits per heavy atom. The predicted molar refractivity (Wildman–Crippen MR) is 91.1 cm³/mol. The van der Waals surface area contributed by atoms with Crippen molar-refractivity contribution in [1.29, 1.82) is 0 Å². The van der Waals surface area contributed by atoms with Gasteiger partial charge in [-0.25, -0.2) is 14.3 Å². The van der Waals surface area contributed by atoms with Crippen molar-refractivity contribution in [3.05, 3.63) is 24.5 Å². The monoisotopic (exact) mass is 316 g/mol. The van der Waals surface area contributed by atoms with E-state index in [1.807, 2.05) is 32.9 Å². The SMILES string of the molecule is CN1CCN(c2ccc3c(c2)ncn3C(=O)OC(C)(C)C)CC1. The van der Waals surface area contributed by atoms with E-state index in [4.69, 9.17) is 4.74 Å². The smallest absolute Gasteiger partial charge is 0.420 e. The molecule has 1 aliphatic rings. The van der Waals surface area contributed by atoms with Gasteiger partial charge < -0.3 is 14.5 Å². The molecular weight excluding hydrogens is 292 g/mol. The highest BCUT2D eigenvalue weighted by molar-refractivity contribution is 5.88. The lowest BCUT2D eigenvalue weighted by Crippen LogP contribution is -2.44. The van der Waals surface area contributed by atoms with Gasteiger partial charge in [-0.15, -0.1) is 0 Å². The molecule has 1 saturated heterocycles. The summed E-state index contributed by atoms with van der Waals surface area (Å²) < 4.78 is 6.88. The Hall–Kier alpha value is -2.08. The van der Waals surface area contributed by atoms with Crippen LogP contribution in [0.3, 0.4) is 0 Å². The molecule has 2 heterocycles. The van der Waals surface area contributed by atoms with E-state index in [1.54, 1.807) is 0 Å². The van der Waals surface area contributed by atoms with Gasteiger partial charge in [0.25, 0.3) is 0 Å². The molecule has 0 amide bonds. The van der Waals surface area contributed by atoms with Crippen molar-refractivity contribution < 1.29 is 9.53 Å². The van der Waals surface area contributed by atoms with Gasteiger partial charge >= 0.3 is 6.09 Å². The van der Waals surface area contributed by atoms with Crippen LogP contribution in [0.1, 0.15) is 20.8 Å². The number of fused-ring (bicyclic) bond motifs is 1. The Morgan fingerprint density at radius 3 is 2.52 bits per heavy atom. The second kappa shape index (κ2) is 5.85. The van der Waals surface area contributed by atoms with Crippen molar-refractivity contribution in [3.8, 4) is 0 Å². The predicted octanol–water partition coefficient (Wildman–Crippen LogP) is 2.57. The van der Waals surface area contributed by atoms with Crippen molar-refractivity contribution in [2.24, 2.45) is 0 Å². The zero-order valence-corrected chi connectivity index (χ0v) is 14.2. The summed E-state index contributed by atoms with van der Waals surface area (Å²) in [6.45, 7) is 9.71. The summed E-state index contributed by atoms with van der Waals surface area (Å²) in [5.41, 5.74) is 2.22. The molecule has 0 spiro atoms. The quantitative estimate of drug-likeness (QED) is 0.809. The van der Waals surface area contributed by atoms with Crippen LogP contribution in [0.4, 0.5) is 10.5 Å². The lowest BCUT2D eigenvalue weighted by molar-refractivity contribution is 0.0543. The van der Waals surface area contributed by atoms with Crippen molar-refractivity contribution in [2.75, 3.05) is 38.1 Å². The Balaban J connectivity index is 1.84. The molecule has 0 atom stereocenters. The minimum absolute atomic E-state index is 0.396. The standard InChI is InChI=1S/C17H24N4O2/c1-17(2,3)23-16(22)21-12-18-14-11-13(5-6-15(14)21)20-9-7-19(4)8-10-20/h5-6,11-12H,7-10H2,1-4H3. The second-order valence-corrected chi connectivity index (χ2v) is 7.06. The van der Waals surface area contributed by atoms with E-state index in [-0.39, 0.29) is 0 Å². The number of anilines is 1. The lowest BCUT2D eigenvalue weighted by atomic mass is 10.2. The molecule has 6 nitrogen and oxygen atoms in total. The van der Waals surface area contributed by atoms with Crippen LogP contribution < -0.4 is 4.90 Å². The van der Waals surface area contributed by atoms with Crippen molar-refractivity contribution >= 4 is 22.8 Å². The van der Waals surface area contributed by atoms with Crippen LogP contribution in [0.25, 0.3) is 11.0 Å². The number of carbonyl (C=O) groups is 1. The normalized spacial score (nSPS) is 16.8. The number of nitrogens with zero attached hydrogens (tertiary/aromatic N) is 4. The molecule has 0 bridgehead atoms. The molecule has 23 heavy (non-hydrogen) atoms. The van der Waals surface area contributed by atoms with Crippen LogP contribution in [0.15, 0.2) is 24.5 Å². The molecule has 0 N–H and O–H groups in total. The molecule has 2 aromatic rings. The first-order valence-electron chi connectivity index (χ1n) is 7.97. The third-order valence-corrected chi connectivity index (χ3v) is 3.99. The Bertz CT molecular complexity index is 709. The average Bonchev–Trinajstić information content (AvgIpc) is 2.89. The minimum Gasteiger partial charge on any atom is -0.443 e. The van der Waals surface area contributed by atoms with Gasteiger partial charge in [0.2, 0.25) is 0 Å². The molecule has 0 unspecified atom stereocenters. The summed E-state index contributed by atoms with van der Waals surface area (Å²) in [6, 6.07) is 6.04. The number of hydrogen-bond donors (Lipinski definition) is 0. The number of hydrogen-bond acceptors (Lipinski definition) is 5. The zero-order chi connectivity index (χ0) is 16.6. The third kappa shape index (κ3) is 3.47. The van der Waals surface area contributed by atoms with Crippen LogP contribution >= 0.6 is 0 Å². The molecule has 1 aliphatic heterocycles. The Kier molecular flexibility index (Phi) is 4.02. The van der Waals surface area contributed by atoms with Gasteiger partial charge in [0, 0.05) is 31.9 Å². The molecule has 0 saturated carbocycles. The van der Waals surface area contributed by atoms with Crippen LogP contribution in [-0.2, 0) is 4.74 Å². The number of imidazole rings is 1. The number of piperazine rings is 1. The van der Waals surface area contributed by atoms with Gasteiger partial charge in [0.05, 0.1) is 11.0 Å². The second-order valence-electron chi connectivity index (χ2n) is 7.06. The lowest BCUT2D eigenvalue weighted by Gasteiger charge is -2.34. The van der Waals surface area contributed by atoms with Crippen LogP contribution in [-0.4, -0.2) is 59.4 Å². The fourth-order valence-electron chi connectivity index (χ4n) is 2.72. The minimum atomic E-state index is -0.520. The van der Waals surface area contributed by atoms with E-state index in [2.05, 4.69) is 27.9 Å². The zero-order valence-electron chi connectivity index (χ0n) is 14.2. The van der Waals surface area contributed by atoms with Crippen molar-refractivity contribution in [2.45, 2.75) is 26.4 Å². The van der Waals surface area contributed by atoms with Crippen molar-refractivity contribution in [3.63, 3.8) is 0 Å². The number of rotatable bonds is 1. The summed E-state index contributed by atoms with van der Waals surface area (Å²) in [4.78, 5) is 21.3. The van der Waals surface area contributed by atoms with E-state index in [1.165, 1.54) is 10.9 Å². The molecule has 124 valence electrons. The van der Waals surface area contributed by atoms with Gasteiger partial charge in [-0.1, -0.05) is 0 Å². The van der Waals surface area contributed by atoms with Crippen LogP contribution in [0, 0.1) is 0 Å². The molecule has 0 radical (unpaired) electrons. The number of ether oxygens (including phenoxy) is 1. The first-order valence-corrected chi connectivity index (χ1v) is 7.97. The molecule has 0 aliphatic carbocycles. The number of carbonyl (C=O) groups excluding carboxylic acids is 1.